The number of carbonyl (C=O) groups is 4. The van der Waals surface area contributed by atoms with Crippen LogP contribution in [0, 0.1) is 11.9 Å². The summed E-state index contributed by atoms with van der Waals surface area (Å²) in [7, 11) is 0. The van der Waals surface area contributed by atoms with Crippen molar-refractivity contribution < 1.29 is 78.4 Å². The van der Waals surface area contributed by atoms with Crippen molar-refractivity contribution in [1.29, 1.82) is 0 Å². The van der Waals surface area contributed by atoms with Gasteiger partial charge in [0.15, 0.2) is 5.82 Å². The largest absolute Gasteiger partial charge is 0.490 e. The molecule has 2 aliphatic heterocycles. The van der Waals surface area contributed by atoms with Crippen LogP contribution in [0.15, 0.2) is 61.1 Å². The van der Waals surface area contributed by atoms with Gasteiger partial charge in [0.25, 0.3) is 0 Å². The van der Waals surface area contributed by atoms with Crippen LogP contribution in [0.4, 0.5) is 78.6 Å². The first-order chi connectivity index (χ1) is 28.3. The zero-order chi connectivity index (χ0) is 45.7. The molecule has 0 atom stereocenters. The number of nitrogens with zero attached hydrogens (tertiary/aromatic N) is 5. The maximum atomic E-state index is 13.5. The van der Waals surface area contributed by atoms with Crippen LogP contribution in [-0.2, 0) is 32.0 Å². The summed E-state index contributed by atoms with van der Waals surface area (Å²) in [5.74, 6) is -6.98. The molecule has 1 saturated heterocycles. The molecule has 5 heterocycles. The number of piperidine rings is 1. The topological polar surface area (TPSA) is 220 Å². The predicted octanol–water partition coefficient (Wildman–Crippen LogP) is 7.79. The third-order valence-corrected chi connectivity index (χ3v) is 8.24. The fourth-order valence-corrected chi connectivity index (χ4v) is 5.29. The minimum Gasteiger partial charge on any atom is -0.475 e. The third kappa shape index (κ3) is 16.6. The minimum absolute atomic E-state index is 0.0152. The van der Waals surface area contributed by atoms with E-state index in [0.717, 1.165) is 60.5 Å². The number of carboxylic acids is 3. The van der Waals surface area contributed by atoms with Crippen molar-refractivity contribution in [3.05, 3.63) is 83.2 Å². The summed E-state index contributed by atoms with van der Waals surface area (Å²) in [6, 6.07) is 12.7. The highest BCUT2D eigenvalue weighted by molar-refractivity contribution is 6.32. The van der Waals surface area contributed by atoms with E-state index in [0.29, 0.717) is 35.4 Å². The number of halogens is 11. The smallest absolute Gasteiger partial charge is 0.475 e. The Morgan fingerprint density at radius 1 is 0.770 bits per heavy atom. The van der Waals surface area contributed by atoms with Crippen molar-refractivity contribution in [1.82, 2.24) is 19.9 Å². The molecule has 6 N–H and O–H groups in total. The molecular weight excluding hydrogens is 870 g/mol. The van der Waals surface area contributed by atoms with Crippen molar-refractivity contribution in [2.45, 2.75) is 50.6 Å². The molecule has 1 aromatic carbocycles. The monoisotopic (exact) mass is 900 g/mol. The summed E-state index contributed by atoms with van der Waals surface area (Å²) < 4.78 is 109. The third-order valence-electron chi connectivity index (χ3n) is 7.96. The van der Waals surface area contributed by atoms with E-state index < -0.39 is 42.4 Å². The lowest BCUT2D eigenvalue weighted by molar-refractivity contribution is -0.193. The number of hydrogen-bond acceptors (Lipinski definition) is 11. The van der Waals surface area contributed by atoms with Gasteiger partial charge < -0.3 is 36.2 Å². The highest BCUT2D eigenvalue weighted by atomic mass is 35.5. The second-order valence-electron chi connectivity index (χ2n) is 12.5. The number of carboxylic acid groups (broad SMARTS) is 3. The fraction of sp³-hybridized carbons (Fsp3) is 0.314. The van der Waals surface area contributed by atoms with Gasteiger partial charge in [0.1, 0.15) is 10.8 Å². The number of anilines is 6. The lowest BCUT2D eigenvalue weighted by atomic mass is 9.93. The normalized spacial score (nSPS) is 13.8. The number of aliphatic carboxylic acids is 3. The number of fused-ring (bicyclic) bond motifs is 6. The summed E-state index contributed by atoms with van der Waals surface area (Å²) >= 11 is 6.37. The first kappa shape index (κ1) is 48.8. The van der Waals surface area contributed by atoms with Gasteiger partial charge in [-0.05, 0) is 79.1 Å². The molecule has 0 saturated carbocycles. The number of benzene rings is 1. The van der Waals surface area contributed by atoms with E-state index in [1.54, 1.807) is 18.5 Å². The van der Waals surface area contributed by atoms with Crippen molar-refractivity contribution in [2.24, 2.45) is 5.92 Å². The highest BCUT2D eigenvalue weighted by Gasteiger charge is 2.39. The Hall–Kier alpha value is -6.53. The predicted molar refractivity (Wildman–Crippen MR) is 195 cm³/mol. The van der Waals surface area contributed by atoms with Gasteiger partial charge in [0.05, 0.1) is 18.1 Å². The van der Waals surface area contributed by atoms with Crippen LogP contribution in [0.25, 0.3) is 0 Å². The Morgan fingerprint density at radius 3 is 1.92 bits per heavy atom. The van der Waals surface area contributed by atoms with Crippen LogP contribution in [0.2, 0.25) is 5.02 Å². The van der Waals surface area contributed by atoms with Crippen molar-refractivity contribution in [2.75, 3.05) is 33.9 Å². The number of aryl methyl sites for hydroxylation is 2. The van der Waals surface area contributed by atoms with Crippen LogP contribution < -0.4 is 20.9 Å². The van der Waals surface area contributed by atoms with E-state index in [-0.39, 0.29) is 11.8 Å². The molecule has 330 valence electrons. The molecule has 15 nitrogen and oxygen atoms in total. The second kappa shape index (κ2) is 21.1. The molecule has 6 rings (SSSR count). The Labute approximate surface area is 341 Å². The fourth-order valence-electron chi connectivity index (χ4n) is 5.16. The zero-order valence-electron chi connectivity index (χ0n) is 30.7. The molecule has 0 unspecified atom stereocenters. The summed E-state index contributed by atoms with van der Waals surface area (Å²) in [4.78, 5) is 59.0. The molecular formula is C35H31ClF10N8O7. The minimum atomic E-state index is -5.08. The van der Waals surface area contributed by atoms with Crippen LogP contribution >= 0.6 is 11.6 Å². The van der Waals surface area contributed by atoms with Crippen LogP contribution in [0.1, 0.15) is 30.4 Å². The number of alkyl halides is 9. The first-order valence-electron chi connectivity index (χ1n) is 17.0. The molecule has 26 heteroatoms. The molecule has 0 aliphatic carbocycles. The molecule has 4 aromatic rings. The van der Waals surface area contributed by atoms with E-state index in [1.165, 1.54) is 6.07 Å². The van der Waals surface area contributed by atoms with Gasteiger partial charge in [-0.3, -0.25) is 9.78 Å². The van der Waals surface area contributed by atoms with Gasteiger partial charge in [0, 0.05) is 37.1 Å². The Morgan fingerprint density at radius 2 is 1.36 bits per heavy atom. The summed E-state index contributed by atoms with van der Waals surface area (Å²) in [5, 5.41) is 31.4. The standard InChI is InChI=1S/C29H28ClFN8O.3C2HF3O2/c30-23-17-33-29-35-22-12-19(15-32-16-22)4-5-20-14-21(34-28(23)38-29)6-7-24(20)36-27(40)13-18-8-10-39(11-9-18)26-3-1-2-25(31)37-26;3*3-2(4,5)1(6)7/h1-3,6-7,12,14-18H,4-5,8-11,13H2,(H,36,40)(H2,33,34,35,38);3*(H,6,7). The number of aromatic nitrogens is 4. The number of hydrogen-bond donors (Lipinski definition) is 6. The Kier molecular flexibility index (Phi) is 16.9. The quantitative estimate of drug-likeness (QED) is 0.0851. The number of carbonyl (C=O) groups excluding carboxylic acids is 1. The average molecular weight is 901 g/mol. The summed E-state index contributed by atoms with van der Waals surface area (Å²) in [6.07, 6.45) is -6.58. The molecule has 0 radical (unpaired) electrons. The van der Waals surface area contributed by atoms with Gasteiger partial charge in [-0.1, -0.05) is 17.7 Å². The number of rotatable bonds is 4. The number of amides is 1. The Bertz CT molecular complexity index is 2110. The lowest BCUT2D eigenvalue weighted by Gasteiger charge is -2.32. The maximum Gasteiger partial charge on any atom is 0.490 e. The molecule has 6 bridgehead atoms. The second-order valence-corrected chi connectivity index (χ2v) is 12.9. The lowest BCUT2D eigenvalue weighted by Crippen LogP contribution is -2.35. The van der Waals surface area contributed by atoms with E-state index in [9.17, 15) is 48.7 Å². The Balaban J connectivity index is 0.000000390. The van der Waals surface area contributed by atoms with E-state index in [2.05, 4.69) is 40.8 Å². The molecule has 61 heavy (non-hydrogen) atoms. The summed E-state index contributed by atoms with van der Waals surface area (Å²) in [5.41, 5.74) is 4.41. The summed E-state index contributed by atoms with van der Waals surface area (Å²) in [6.45, 7) is 1.49. The van der Waals surface area contributed by atoms with E-state index in [4.69, 9.17) is 41.3 Å². The number of pyridine rings is 2. The molecule has 2 aliphatic rings. The van der Waals surface area contributed by atoms with E-state index >= 15 is 0 Å². The molecule has 1 fully saturated rings. The number of nitrogens with one attached hydrogen (secondary N) is 3. The highest BCUT2D eigenvalue weighted by Crippen LogP contribution is 2.30. The van der Waals surface area contributed by atoms with Gasteiger partial charge in [-0.15, -0.1) is 0 Å². The average Bonchev–Trinajstić information content (AvgIpc) is 3.16. The molecule has 0 spiro atoms. The van der Waals surface area contributed by atoms with Crippen molar-refractivity contribution >= 4 is 70.1 Å². The van der Waals surface area contributed by atoms with Gasteiger partial charge in [-0.2, -0.15) is 48.9 Å². The first-order valence-corrected chi connectivity index (χ1v) is 17.4. The van der Waals surface area contributed by atoms with Crippen molar-refractivity contribution in [3.8, 4) is 0 Å². The molecule has 1 amide bonds. The molecule has 3 aromatic heterocycles. The van der Waals surface area contributed by atoms with Crippen LogP contribution in [0.5, 0.6) is 0 Å². The SMILES string of the molecule is O=C(CC1CCN(c2cccc(F)n2)CC1)Nc1ccc2cc1CCc1cncc(c1)Nc1ncc(Cl)c(n1)N2.O=C(O)C(F)(F)F.O=C(O)C(F)(F)F.O=C(O)C(F)(F)F. The van der Waals surface area contributed by atoms with Crippen LogP contribution in [-0.4, -0.2) is 90.7 Å². The van der Waals surface area contributed by atoms with Gasteiger partial charge in [-0.25, -0.2) is 24.4 Å². The zero-order valence-corrected chi connectivity index (χ0v) is 31.4. The van der Waals surface area contributed by atoms with E-state index in [1.807, 2.05) is 36.5 Å². The maximum absolute atomic E-state index is 13.5. The van der Waals surface area contributed by atoms with Crippen LogP contribution in [0.3, 0.4) is 0 Å². The van der Waals surface area contributed by atoms with Gasteiger partial charge >= 0.3 is 36.4 Å². The van der Waals surface area contributed by atoms with Crippen molar-refractivity contribution in [3.63, 3.8) is 0 Å². The van der Waals surface area contributed by atoms with Gasteiger partial charge in [0.2, 0.25) is 17.8 Å².